The molecule has 162 valence electrons. The van der Waals surface area contributed by atoms with Gasteiger partial charge in [0.25, 0.3) is 5.56 Å². The molecule has 0 radical (unpaired) electrons. The molecule has 1 atom stereocenters. The van der Waals surface area contributed by atoms with Crippen LogP contribution in [0.3, 0.4) is 0 Å². The second-order valence-corrected chi connectivity index (χ2v) is 7.42. The topological polar surface area (TPSA) is 154 Å². The Balaban J connectivity index is 3.02. The van der Waals surface area contributed by atoms with E-state index in [-0.39, 0.29) is 18.7 Å². The number of nitrogens with two attached hydrogens (primary N) is 1. The van der Waals surface area contributed by atoms with Crippen molar-refractivity contribution >= 4 is 17.8 Å². The molecule has 3 N–H and O–H groups in total. The van der Waals surface area contributed by atoms with Crippen molar-refractivity contribution < 1.29 is 23.9 Å². The quantitative estimate of drug-likeness (QED) is 0.510. The Morgan fingerprint density at radius 2 is 1.90 bits per heavy atom. The first-order chi connectivity index (χ1) is 13.3. The van der Waals surface area contributed by atoms with Gasteiger partial charge < -0.3 is 20.1 Å². The van der Waals surface area contributed by atoms with Crippen molar-refractivity contribution in [3.63, 3.8) is 0 Å². The summed E-state index contributed by atoms with van der Waals surface area (Å²) in [5.41, 5.74) is 3.97. The van der Waals surface area contributed by atoms with E-state index >= 15 is 0 Å². The van der Waals surface area contributed by atoms with Crippen LogP contribution in [0.1, 0.15) is 33.3 Å². The normalized spacial score (nSPS) is 12.2. The number of nitrogens with one attached hydrogen (secondary N) is 1. The van der Waals surface area contributed by atoms with Crippen molar-refractivity contribution in [3.05, 3.63) is 32.6 Å². The van der Waals surface area contributed by atoms with Gasteiger partial charge in [0.2, 0.25) is 5.91 Å². The van der Waals surface area contributed by atoms with Gasteiger partial charge in [-0.05, 0) is 34.6 Å². The number of hydrogen-bond donors (Lipinski definition) is 2. The van der Waals surface area contributed by atoms with Crippen molar-refractivity contribution in [1.82, 2.24) is 14.5 Å². The molecule has 1 heterocycles. The molecule has 0 saturated heterocycles. The van der Waals surface area contributed by atoms with Crippen LogP contribution in [-0.4, -0.2) is 63.6 Å². The Bertz CT molecular complexity index is 866. The summed E-state index contributed by atoms with van der Waals surface area (Å²) >= 11 is 0. The van der Waals surface area contributed by atoms with Crippen molar-refractivity contribution in [2.45, 2.75) is 52.8 Å². The lowest BCUT2D eigenvalue weighted by atomic mass is 10.2. The minimum absolute atomic E-state index is 0.109. The number of rotatable bonds is 8. The van der Waals surface area contributed by atoms with Gasteiger partial charge in [-0.15, -0.1) is 0 Å². The molecule has 1 unspecified atom stereocenters. The fourth-order valence-electron chi connectivity index (χ4n) is 2.29. The summed E-state index contributed by atoms with van der Waals surface area (Å²) in [7, 11) is 0. The van der Waals surface area contributed by atoms with E-state index in [9.17, 15) is 24.0 Å². The first kappa shape index (κ1) is 24.1. The Kier molecular flexibility index (Phi) is 8.31. The van der Waals surface area contributed by atoms with E-state index in [1.807, 2.05) is 0 Å². The van der Waals surface area contributed by atoms with Crippen molar-refractivity contribution in [2.75, 3.05) is 19.7 Å². The highest BCUT2D eigenvalue weighted by Crippen LogP contribution is 2.09. The summed E-state index contributed by atoms with van der Waals surface area (Å²) in [6.07, 6.45) is 1.23. The van der Waals surface area contributed by atoms with E-state index < -0.39 is 53.8 Å². The Hall–Kier alpha value is -2.95. The molecule has 0 aliphatic rings. The summed E-state index contributed by atoms with van der Waals surface area (Å²) in [6, 6.07) is -1.21. The Morgan fingerprint density at radius 3 is 2.45 bits per heavy atom. The predicted molar refractivity (Wildman–Crippen MR) is 103 cm³/mol. The highest BCUT2D eigenvalue weighted by Gasteiger charge is 2.27. The molecule has 0 bridgehead atoms. The number of carbonyl (C=O) groups excluding carboxylic acids is 3. The maximum Gasteiger partial charge on any atom is 0.328 e. The largest absolute Gasteiger partial charge is 0.465 e. The summed E-state index contributed by atoms with van der Waals surface area (Å²) in [5, 5.41) is 0. The number of ether oxygens (including phenoxy) is 2. The molecule has 0 aliphatic heterocycles. The zero-order valence-corrected chi connectivity index (χ0v) is 17.3. The molecule has 0 aliphatic carbocycles. The van der Waals surface area contributed by atoms with Gasteiger partial charge in [0, 0.05) is 18.3 Å². The number of aryl methyl sites for hydroxylation is 1. The monoisotopic (exact) mass is 412 g/mol. The minimum atomic E-state index is -1.21. The first-order valence-corrected chi connectivity index (χ1v) is 9.06. The predicted octanol–water partition coefficient (Wildman–Crippen LogP) is -1.09. The van der Waals surface area contributed by atoms with Crippen molar-refractivity contribution in [3.8, 4) is 0 Å². The summed E-state index contributed by atoms with van der Waals surface area (Å²) in [6.45, 7) is 6.98. The summed E-state index contributed by atoms with van der Waals surface area (Å²) in [5.74, 6) is -2.09. The van der Waals surface area contributed by atoms with Crippen LogP contribution >= 0.6 is 0 Å². The van der Waals surface area contributed by atoms with Gasteiger partial charge in [-0.25, -0.2) is 4.79 Å². The molecule has 1 aromatic rings. The van der Waals surface area contributed by atoms with Crippen LogP contribution in [0.25, 0.3) is 0 Å². The van der Waals surface area contributed by atoms with Crippen LogP contribution in [0.4, 0.5) is 0 Å². The van der Waals surface area contributed by atoms with Gasteiger partial charge in [-0.2, -0.15) is 0 Å². The van der Waals surface area contributed by atoms with Crippen LogP contribution in [0.5, 0.6) is 0 Å². The van der Waals surface area contributed by atoms with E-state index in [0.29, 0.717) is 0 Å². The van der Waals surface area contributed by atoms with Crippen LogP contribution < -0.4 is 17.0 Å². The number of aromatic nitrogens is 2. The molecule has 29 heavy (non-hydrogen) atoms. The number of aromatic amines is 1. The highest BCUT2D eigenvalue weighted by molar-refractivity contribution is 5.83. The van der Waals surface area contributed by atoms with Gasteiger partial charge in [0.15, 0.2) is 0 Å². The molecule has 11 nitrogen and oxygen atoms in total. The summed E-state index contributed by atoms with van der Waals surface area (Å²) < 4.78 is 11.0. The van der Waals surface area contributed by atoms with E-state index in [1.165, 1.54) is 13.1 Å². The maximum absolute atomic E-state index is 12.7. The highest BCUT2D eigenvalue weighted by atomic mass is 16.6. The number of esters is 2. The molecule has 1 amide bonds. The molecule has 0 fully saturated rings. The molecule has 1 aromatic heterocycles. The average molecular weight is 412 g/mol. The first-order valence-electron chi connectivity index (χ1n) is 9.06. The molecule has 0 spiro atoms. The number of hydrogen-bond acceptors (Lipinski definition) is 8. The van der Waals surface area contributed by atoms with Crippen LogP contribution in [-0.2, 0) is 30.4 Å². The second kappa shape index (κ2) is 10.0. The molecule has 11 heteroatoms. The SMILES string of the molecule is CCOC(=O)CN(CC(N)C(=O)OC(C)(C)C)C(=O)Cn1cc(C)c(=O)[nH]c1=O. The lowest BCUT2D eigenvalue weighted by Gasteiger charge is -2.27. The fourth-order valence-corrected chi connectivity index (χ4v) is 2.29. The third kappa shape index (κ3) is 7.90. The lowest BCUT2D eigenvalue weighted by molar-refractivity contribution is -0.158. The van der Waals surface area contributed by atoms with Crippen molar-refractivity contribution in [1.29, 1.82) is 0 Å². The van der Waals surface area contributed by atoms with Gasteiger partial charge in [-0.1, -0.05) is 0 Å². The Labute approximate surface area is 167 Å². The number of carbonyl (C=O) groups is 3. The van der Waals surface area contributed by atoms with Crippen LogP contribution in [0, 0.1) is 6.92 Å². The fraction of sp³-hybridized carbons (Fsp3) is 0.611. The Morgan fingerprint density at radius 1 is 1.28 bits per heavy atom. The van der Waals surface area contributed by atoms with Crippen LogP contribution in [0.2, 0.25) is 0 Å². The zero-order chi connectivity index (χ0) is 22.4. The van der Waals surface area contributed by atoms with E-state index in [0.717, 1.165) is 9.47 Å². The smallest absolute Gasteiger partial charge is 0.328 e. The molecule has 0 saturated carbocycles. The van der Waals surface area contributed by atoms with E-state index in [2.05, 4.69) is 4.98 Å². The maximum atomic E-state index is 12.7. The molecule has 0 aromatic carbocycles. The van der Waals surface area contributed by atoms with Gasteiger partial charge in [-0.3, -0.25) is 28.7 Å². The van der Waals surface area contributed by atoms with Gasteiger partial charge in [0.05, 0.1) is 6.61 Å². The van der Waals surface area contributed by atoms with E-state index in [1.54, 1.807) is 27.7 Å². The van der Waals surface area contributed by atoms with Crippen LogP contribution in [0.15, 0.2) is 15.8 Å². The number of amides is 1. The third-order valence-corrected chi connectivity index (χ3v) is 3.60. The molecular weight excluding hydrogens is 384 g/mol. The van der Waals surface area contributed by atoms with Crippen molar-refractivity contribution in [2.24, 2.45) is 5.73 Å². The van der Waals surface area contributed by atoms with E-state index in [4.69, 9.17) is 15.2 Å². The zero-order valence-electron chi connectivity index (χ0n) is 17.3. The number of nitrogens with zero attached hydrogens (tertiary/aromatic N) is 2. The average Bonchev–Trinajstić information content (AvgIpc) is 2.57. The third-order valence-electron chi connectivity index (χ3n) is 3.60. The lowest BCUT2D eigenvalue weighted by Crippen LogP contribution is -2.50. The minimum Gasteiger partial charge on any atom is -0.465 e. The molecular formula is C18H28N4O7. The van der Waals surface area contributed by atoms with Gasteiger partial charge in [0.1, 0.15) is 24.7 Å². The number of H-pyrrole nitrogens is 1. The molecule has 1 rings (SSSR count). The summed E-state index contributed by atoms with van der Waals surface area (Å²) in [4.78, 5) is 63.2. The second-order valence-electron chi connectivity index (χ2n) is 7.42. The van der Waals surface area contributed by atoms with Gasteiger partial charge >= 0.3 is 17.6 Å². The standard InChI is InChI=1S/C18H28N4O7/c1-6-28-14(24)10-21(8-12(19)16(26)29-18(3,4)5)13(23)9-22-7-11(2)15(25)20-17(22)27/h7,12H,6,8-10,19H2,1-5H3,(H,20,25,27).